The maximum atomic E-state index is 5.82. The second-order valence-corrected chi connectivity index (χ2v) is 11.5. The molecule has 0 aromatic heterocycles. The summed E-state index contributed by atoms with van der Waals surface area (Å²) in [5.41, 5.74) is 2.77. The molecule has 0 unspecified atom stereocenters. The first-order valence-electron chi connectivity index (χ1n) is 12.5. The summed E-state index contributed by atoms with van der Waals surface area (Å²) in [4.78, 5) is 4.83. The molecule has 0 amide bonds. The molecule has 0 fully saturated rings. The number of benzene rings is 1. The van der Waals surface area contributed by atoms with Crippen LogP contribution in [0.3, 0.4) is 0 Å². The normalized spacial score (nSPS) is 10.9. The number of unbranched alkanes of at least 4 members (excludes halogenated alkanes) is 4. The van der Waals surface area contributed by atoms with Crippen LogP contribution in [0.5, 0.6) is 0 Å². The van der Waals surface area contributed by atoms with Crippen LogP contribution in [-0.2, 0) is 11.5 Å². The topological polar surface area (TPSA) is 6.48 Å². The second kappa shape index (κ2) is 19.1. The van der Waals surface area contributed by atoms with Gasteiger partial charge in [-0.05, 0) is 36.8 Å². The smallest absolute Gasteiger partial charge is 0.136 e. The largest absolute Gasteiger partial charge is 0.358 e. The summed E-state index contributed by atoms with van der Waals surface area (Å²) in [7, 11) is 0. The molecule has 0 aliphatic heterocycles. The van der Waals surface area contributed by atoms with Gasteiger partial charge in [-0.15, -0.1) is 0 Å². The van der Waals surface area contributed by atoms with Gasteiger partial charge in [-0.3, -0.25) is 0 Å². The Hall–Kier alpha value is -0.300. The average Bonchev–Trinajstić information content (AvgIpc) is 2.81. The van der Waals surface area contributed by atoms with E-state index in [1.54, 1.807) is 0 Å². The highest BCUT2D eigenvalue weighted by atomic mass is 32.2. The lowest BCUT2D eigenvalue weighted by Gasteiger charge is -2.25. The SMILES string of the molecule is CCCCN(CCCC)C(=S)SCc1ccccc1CSC(=S)N(CCCC)CCCC. The molecule has 0 N–H and O–H groups in total. The molecule has 32 heavy (non-hydrogen) atoms. The first-order valence-corrected chi connectivity index (χ1v) is 15.3. The van der Waals surface area contributed by atoms with E-state index in [9.17, 15) is 0 Å². The first-order chi connectivity index (χ1) is 15.6. The predicted molar refractivity (Wildman–Crippen MR) is 157 cm³/mol. The fraction of sp³-hybridized carbons (Fsp3) is 0.692. The van der Waals surface area contributed by atoms with Crippen molar-refractivity contribution >= 4 is 56.6 Å². The van der Waals surface area contributed by atoms with E-state index in [-0.39, 0.29) is 0 Å². The van der Waals surface area contributed by atoms with Crippen molar-refractivity contribution in [2.24, 2.45) is 0 Å². The summed E-state index contributed by atoms with van der Waals surface area (Å²) >= 11 is 15.3. The molecule has 0 heterocycles. The van der Waals surface area contributed by atoms with Crippen molar-refractivity contribution < 1.29 is 0 Å². The van der Waals surface area contributed by atoms with Crippen LogP contribution < -0.4 is 0 Å². The van der Waals surface area contributed by atoms with Crippen molar-refractivity contribution in [3.8, 4) is 0 Å². The van der Waals surface area contributed by atoms with Gasteiger partial charge < -0.3 is 9.80 Å². The molecule has 6 heteroatoms. The maximum Gasteiger partial charge on any atom is 0.136 e. The second-order valence-electron chi connectivity index (χ2n) is 8.27. The molecule has 1 aromatic rings. The molecular weight excluding hydrogens is 469 g/mol. The molecule has 0 radical (unpaired) electrons. The minimum absolute atomic E-state index is 0.937. The molecule has 0 aliphatic rings. The molecule has 182 valence electrons. The Kier molecular flexibility index (Phi) is 17.7. The van der Waals surface area contributed by atoms with Crippen LogP contribution >= 0.6 is 48.0 Å². The molecule has 0 saturated heterocycles. The zero-order valence-electron chi connectivity index (χ0n) is 20.7. The van der Waals surface area contributed by atoms with Gasteiger partial charge in [0, 0.05) is 37.7 Å². The highest BCUT2D eigenvalue weighted by Crippen LogP contribution is 2.25. The van der Waals surface area contributed by atoms with Crippen LogP contribution in [0.4, 0.5) is 0 Å². The van der Waals surface area contributed by atoms with Gasteiger partial charge in [0.15, 0.2) is 0 Å². The number of rotatable bonds is 16. The van der Waals surface area contributed by atoms with Crippen molar-refractivity contribution in [3.63, 3.8) is 0 Å². The predicted octanol–water partition coefficient (Wildman–Crippen LogP) is 8.53. The van der Waals surface area contributed by atoms with E-state index in [4.69, 9.17) is 24.4 Å². The Balaban J connectivity index is 2.68. The number of hydrogen-bond acceptors (Lipinski definition) is 4. The van der Waals surface area contributed by atoms with E-state index in [1.165, 1.54) is 62.5 Å². The summed E-state index contributed by atoms with van der Waals surface area (Å²) in [6.45, 7) is 13.3. The minimum Gasteiger partial charge on any atom is -0.358 e. The molecule has 1 rings (SSSR count). The zero-order chi connectivity index (χ0) is 23.6. The number of nitrogens with zero attached hydrogens (tertiary/aromatic N) is 2. The van der Waals surface area contributed by atoms with Crippen LogP contribution in [0.2, 0.25) is 0 Å². The highest BCUT2D eigenvalue weighted by molar-refractivity contribution is 8.22. The Labute approximate surface area is 217 Å². The third-order valence-electron chi connectivity index (χ3n) is 5.46. The van der Waals surface area contributed by atoms with Gasteiger partial charge in [0.05, 0.1) is 0 Å². The van der Waals surface area contributed by atoms with Crippen LogP contribution in [0.15, 0.2) is 24.3 Å². The van der Waals surface area contributed by atoms with E-state index < -0.39 is 0 Å². The Morgan fingerprint density at radius 2 is 0.938 bits per heavy atom. The van der Waals surface area contributed by atoms with Crippen molar-refractivity contribution in [2.45, 2.75) is 90.6 Å². The molecule has 0 spiro atoms. The summed E-state index contributed by atoms with van der Waals surface area (Å²) in [6, 6.07) is 8.80. The van der Waals surface area contributed by atoms with Gasteiger partial charge in [0.1, 0.15) is 8.64 Å². The van der Waals surface area contributed by atoms with Gasteiger partial charge in [0.2, 0.25) is 0 Å². The van der Waals surface area contributed by atoms with Gasteiger partial charge in [0.25, 0.3) is 0 Å². The maximum absolute atomic E-state index is 5.82. The minimum atomic E-state index is 0.937. The van der Waals surface area contributed by atoms with Crippen LogP contribution in [0, 0.1) is 0 Å². The fourth-order valence-electron chi connectivity index (χ4n) is 3.29. The summed E-state index contributed by atoms with van der Waals surface area (Å²) < 4.78 is 2.10. The van der Waals surface area contributed by atoms with Gasteiger partial charge in [-0.25, -0.2) is 0 Å². The fourth-order valence-corrected chi connectivity index (χ4v) is 5.86. The van der Waals surface area contributed by atoms with Crippen molar-refractivity contribution in [1.82, 2.24) is 9.80 Å². The number of thioether (sulfide) groups is 2. The van der Waals surface area contributed by atoms with Crippen molar-refractivity contribution in [2.75, 3.05) is 26.2 Å². The van der Waals surface area contributed by atoms with E-state index in [1.807, 2.05) is 23.5 Å². The summed E-state index contributed by atoms with van der Waals surface area (Å²) in [5.74, 6) is 1.87. The average molecular weight is 513 g/mol. The monoisotopic (exact) mass is 512 g/mol. The van der Waals surface area contributed by atoms with Gasteiger partial charge in [-0.2, -0.15) is 0 Å². The lowest BCUT2D eigenvalue weighted by molar-refractivity contribution is 0.410. The number of hydrogen-bond donors (Lipinski definition) is 0. The van der Waals surface area contributed by atoms with Crippen LogP contribution in [0.25, 0.3) is 0 Å². The van der Waals surface area contributed by atoms with E-state index in [0.717, 1.165) is 46.3 Å². The molecule has 1 aromatic carbocycles. The standard InChI is InChI=1S/C26H44N2S4/c1-5-9-17-27(18-10-6-2)25(29)31-21-23-15-13-14-16-24(23)22-32-26(30)28(19-11-7-3)20-12-8-4/h13-16H,5-12,17-22H2,1-4H3. The van der Waals surface area contributed by atoms with E-state index in [0.29, 0.717) is 0 Å². The molecule has 0 saturated carbocycles. The Bertz CT molecular complexity index is 579. The van der Waals surface area contributed by atoms with Crippen LogP contribution in [0.1, 0.15) is 90.2 Å². The van der Waals surface area contributed by atoms with Crippen molar-refractivity contribution in [1.29, 1.82) is 0 Å². The van der Waals surface area contributed by atoms with Crippen LogP contribution in [-0.4, -0.2) is 44.6 Å². The Morgan fingerprint density at radius 1 is 0.625 bits per heavy atom. The van der Waals surface area contributed by atoms with Gasteiger partial charge in [-0.1, -0.05) is 126 Å². The first kappa shape index (κ1) is 29.7. The van der Waals surface area contributed by atoms with E-state index in [2.05, 4.69) is 61.8 Å². The molecule has 0 bridgehead atoms. The lowest BCUT2D eigenvalue weighted by atomic mass is 10.1. The third-order valence-corrected chi connectivity index (χ3v) is 8.61. The third kappa shape index (κ3) is 12.2. The molecular formula is C26H44N2S4. The summed E-state index contributed by atoms with van der Waals surface area (Å²) in [6.07, 6.45) is 9.69. The zero-order valence-corrected chi connectivity index (χ0v) is 24.0. The van der Waals surface area contributed by atoms with Gasteiger partial charge >= 0.3 is 0 Å². The number of thiocarbonyl (C=S) groups is 2. The molecule has 0 aliphatic carbocycles. The van der Waals surface area contributed by atoms with Crippen molar-refractivity contribution in [3.05, 3.63) is 35.4 Å². The lowest BCUT2D eigenvalue weighted by Crippen LogP contribution is -2.30. The van der Waals surface area contributed by atoms with E-state index >= 15 is 0 Å². The summed E-state index contributed by atoms with van der Waals surface area (Å²) in [5, 5.41) is 0. The molecule has 0 atom stereocenters. The Morgan fingerprint density at radius 3 is 1.22 bits per heavy atom. The molecule has 2 nitrogen and oxygen atoms in total. The quantitative estimate of drug-likeness (QED) is 0.203. The highest BCUT2D eigenvalue weighted by Gasteiger charge is 2.13.